The van der Waals surface area contributed by atoms with Crippen LogP contribution >= 0.6 is 0 Å². The number of furan rings is 1. The van der Waals surface area contributed by atoms with Gasteiger partial charge < -0.3 is 15.1 Å². The van der Waals surface area contributed by atoms with Gasteiger partial charge in [-0.1, -0.05) is 0 Å². The molecule has 4 nitrogen and oxygen atoms in total. The first-order valence-corrected chi connectivity index (χ1v) is 5.73. The summed E-state index contributed by atoms with van der Waals surface area (Å²) in [5.74, 6) is 2.02. The third-order valence-electron chi connectivity index (χ3n) is 3.00. The number of hydrogen-bond acceptors (Lipinski definition) is 3. The Labute approximate surface area is 95.4 Å². The van der Waals surface area contributed by atoms with E-state index in [4.69, 9.17) is 4.42 Å². The fraction of sp³-hybridized carbons (Fsp3) is 0.583. The molecule has 0 bridgehead atoms. The zero-order chi connectivity index (χ0) is 11.5. The SMILES string of the molecule is Cc1cc(C(=O)NCC2CCNC2)c(C)o1. The Morgan fingerprint density at radius 3 is 3.00 bits per heavy atom. The van der Waals surface area contributed by atoms with Gasteiger partial charge in [-0.25, -0.2) is 0 Å². The molecule has 1 amide bonds. The fourth-order valence-electron chi connectivity index (χ4n) is 2.08. The van der Waals surface area contributed by atoms with Gasteiger partial charge in [-0.2, -0.15) is 0 Å². The zero-order valence-corrected chi connectivity index (χ0v) is 9.80. The lowest BCUT2D eigenvalue weighted by Gasteiger charge is -2.09. The van der Waals surface area contributed by atoms with Gasteiger partial charge in [0.05, 0.1) is 5.56 Å². The van der Waals surface area contributed by atoms with Gasteiger partial charge in [0.15, 0.2) is 0 Å². The van der Waals surface area contributed by atoms with Gasteiger partial charge in [-0.05, 0) is 45.3 Å². The summed E-state index contributed by atoms with van der Waals surface area (Å²) in [6.07, 6.45) is 1.14. The summed E-state index contributed by atoms with van der Waals surface area (Å²) in [6, 6.07) is 1.79. The Morgan fingerprint density at radius 1 is 1.62 bits per heavy atom. The number of nitrogens with one attached hydrogen (secondary N) is 2. The van der Waals surface area contributed by atoms with E-state index in [-0.39, 0.29) is 5.91 Å². The molecule has 0 aliphatic carbocycles. The second kappa shape index (κ2) is 4.70. The largest absolute Gasteiger partial charge is 0.466 e. The van der Waals surface area contributed by atoms with Crippen molar-refractivity contribution < 1.29 is 9.21 Å². The summed E-state index contributed by atoms with van der Waals surface area (Å²) < 4.78 is 5.33. The lowest BCUT2D eigenvalue weighted by Crippen LogP contribution is -2.30. The summed E-state index contributed by atoms with van der Waals surface area (Å²) in [5, 5.41) is 6.24. The van der Waals surface area contributed by atoms with E-state index in [9.17, 15) is 4.79 Å². The number of amides is 1. The molecule has 0 radical (unpaired) electrons. The van der Waals surface area contributed by atoms with Crippen molar-refractivity contribution in [2.45, 2.75) is 20.3 Å². The average molecular weight is 222 g/mol. The molecule has 1 saturated heterocycles. The molecule has 1 aromatic heterocycles. The van der Waals surface area contributed by atoms with Crippen molar-refractivity contribution in [3.8, 4) is 0 Å². The molecule has 1 unspecified atom stereocenters. The second-order valence-electron chi connectivity index (χ2n) is 4.40. The molecule has 0 aromatic carbocycles. The van der Waals surface area contributed by atoms with Crippen LogP contribution in [-0.4, -0.2) is 25.5 Å². The van der Waals surface area contributed by atoms with E-state index >= 15 is 0 Å². The van der Waals surface area contributed by atoms with Crippen LogP contribution in [0.25, 0.3) is 0 Å². The van der Waals surface area contributed by atoms with Gasteiger partial charge in [-0.15, -0.1) is 0 Å². The molecule has 16 heavy (non-hydrogen) atoms. The van der Waals surface area contributed by atoms with E-state index in [0.717, 1.165) is 31.8 Å². The van der Waals surface area contributed by atoms with Crippen LogP contribution in [0, 0.1) is 19.8 Å². The molecule has 2 heterocycles. The molecule has 1 atom stereocenters. The van der Waals surface area contributed by atoms with Crippen molar-refractivity contribution in [1.82, 2.24) is 10.6 Å². The maximum atomic E-state index is 11.8. The lowest BCUT2D eigenvalue weighted by atomic mass is 10.1. The van der Waals surface area contributed by atoms with Gasteiger partial charge in [0.1, 0.15) is 11.5 Å². The Kier molecular flexibility index (Phi) is 3.29. The highest BCUT2D eigenvalue weighted by Gasteiger charge is 2.17. The van der Waals surface area contributed by atoms with Crippen molar-refractivity contribution in [1.29, 1.82) is 0 Å². The Hall–Kier alpha value is -1.29. The first-order valence-electron chi connectivity index (χ1n) is 5.73. The topological polar surface area (TPSA) is 54.3 Å². The zero-order valence-electron chi connectivity index (χ0n) is 9.80. The van der Waals surface area contributed by atoms with Crippen molar-refractivity contribution in [2.24, 2.45) is 5.92 Å². The number of rotatable bonds is 3. The highest BCUT2D eigenvalue weighted by atomic mass is 16.3. The Bertz CT molecular complexity index is 378. The molecular formula is C12H18N2O2. The molecule has 0 saturated carbocycles. The maximum Gasteiger partial charge on any atom is 0.254 e. The first-order chi connectivity index (χ1) is 7.66. The first kappa shape index (κ1) is 11.2. The standard InChI is InChI=1S/C12H18N2O2/c1-8-5-11(9(2)16-8)12(15)14-7-10-3-4-13-6-10/h5,10,13H,3-4,6-7H2,1-2H3,(H,14,15). The number of carbonyl (C=O) groups is 1. The Balaban J connectivity index is 1.90. The summed E-state index contributed by atoms with van der Waals surface area (Å²) in [5.41, 5.74) is 0.656. The van der Waals surface area contributed by atoms with E-state index in [2.05, 4.69) is 10.6 Å². The monoisotopic (exact) mass is 222 g/mol. The molecule has 0 spiro atoms. The minimum Gasteiger partial charge on any atom is -0.466 e. The molecule has 88 valence electrons. The number of aryl methyl sites for hydroxylation is 2. The molecule has 4 heteroatoms. The van der Waals surface area contributed by atoms with Gasteiger partial charge >= 0.3 is 0 Å². The summed E-state index contributed by atoms with van der Waals surface area (Å²) in [6.45, 7) is 6.48. The predicted octanol–water partition coefficient (Wildman–Crippen LogP) is 1.24. The van der Waals surface area contributed by atoms with E-state index in [1.54, 1.807) is 6.07 Å². The van der Waals surface area contributed by atoms with Crippen LogP contribution in [-0.2, 0) is 0 Å². The maximum absolute atomic E-state index is 11.8. The smallest absolute Gasteiger partial charge is 0.254 e. The molecule has 1 aliphatic rings. The summed E-state index contributed by atoms with van der Waals surface area (Å²) >= 11 is 0. The molecular weight excluding hydrogens is 204 g/mol. The average Bonchev–Trinajstić information content (AvgIpc) is 2.84. The number of hydrogen-bond donors (Lipinski definition) is 2. The minimum atomic E-state index is -0.0266. The molecule has 1 aromatic rings. The fourth-order valence-corrected chi connectivity index (χ4v) is 2.08. The summed E-state index contributed by atoms with van der Waals surface area (Å²) in [7, 11) is 0. The second-order valence-corrected chi connectivity index (χ2v) is 4.40. The quantitative estimate of drug-likeness (QED) is 0.809. The van der Waals surface area contributed by atoms with Crippen LogP contribution in [0.15, 0.2) is 10.5 Å². The van der Waals surface area contributed by atoms with Gasteiger partial charge in [0.2, 0.25) is 0 Å². The van der Waals surface area contributed by atoms with Gasteiger partial charge in [0.25, 0.3) is 5.91 Å². The van der Waals surface area contributed by atoms with Crippen LogP contribution in [0.1, 0.15) is 28.3 Å². The molecule has 1 aliphatic heterocycles. The van der Waals surface area contributed by atoms with E-state index < -0.39 is 0 Å². The lowest BCUT2D eigenvalue weighted by molar-refractivity contribution is 0.0946. The number of carbonyl (C=O) groups excluding carboxylic acids is 1. The van der Waals surface area contributed by atoms with Gasteiger partial charge in [0, 0.05) is 6.54 Å². The van der Waals surface area contributed by atoms with E-state index in [1.165, 1.54) is 0 Å². The van der Waals surface area contributed by atoms with Crippen LogP contribution in [0.3, 0.4) is 0 Å². The normalized spacial score (nSPS) is 20.0. The van der Waals surface area contributed by atoms with Crippen LogP contribution in [0.2, 0.25) is 0 Å². The van der Waals surface area contributed by atoms with Crippen LogP contribution < -0.4 is 10.6 Å². The van der Waals surface area contributed by atoms with E-state index in [1.807, 2.05) is 13.8 Å². The molecule has 1 fully saturated rings. The molecule has 2 rings (SSSR count). The van der Waals surface area contributed by atoms with Crippen molar-refractivity contribution >= 4 is 5.91 Å². The highest BCUT2D eigenvalue weighted by Crippen LogP contribution is 2.13. The molecule has 2 N–H and O–H groups in total. The third kappa shape index (κ3) is 2.44. The van der Waals surface area contributed by atoms with Crippen LogP contribution in [0.4, 0.5) is 0 Å². The highest BCUT2D eigenvalue weighted by molar-refractivity contribution is 5.95. The van der Waals surface area contributed by atoms with Crippen molar-refractivity contribution in [3.05, 3.63) is 23.2 Å². The summed E-state index contributed by atoms with van der Waals surface area (Å²) in [4.78, 5) is 11.8. The van der Waals surface area contributed by atoms with E-state index in [0.29, 0.717) is 17.2 Å². The van der Waals surface area contributed by atoms with Crippen LogP contribution in [0.5, 0.6) is 0 Å². The minimum absolute atomic E-state index is 0.0266. The predicted molar refractivity (Wildman–Crippen MR) is 61.5 cm³/mol. The van der Waals surface area contributed by atoms with Crippen molar-refractivity contribution in [3.63, 3.8) is 0 Å². The van der Waals surface area contributed by atoms with Crippen molar-refractivity contribution in [2.75, 3.05) is 19.6 Å². The van der Waals surface area contributed by atoms with Gasteiger partial charge in [-0.3, -0.25) is 4.79 Å². The third-order valence-corrected chi connectivity index (χ3v) is 3.00. The Morgan fingerprint density at radius 2 is 2.44 bits per heavy atom.